The Balaban J connectivity index is 1.51. The molecule has 0 radical (unpaired) electrons. The first-order chi connectivity index (χ1) is 16.4. The average molecular weight is 492 g/mol. The molecule has 2 aromatic carbocycles. The lowest BCUT2D eigenvalue weighted by Gasteiger charge is -2.35. The number of amides is 1. The maximum absolute atomic E-state index is 13.7. The Morgan fingerprint density at radius 1 is 1.09 bits per heavy atom. The standard InChI is InChI=1S/C26H25N3O3S2/c1-17-10-12-20(13-11-17)34(31,32)29-16-19-7-3-2-6-18(19)14-23(29)25(30)28-26-22(15-27)21-8-4-5-9-24(21)33-26/h2-3,6-7,10-13,23H,4-5,8-9,14,16H2,1H3,(H,28,30)/t23-/m1/s1. The van der Waals surface area contributed by atoms with Crippen molar-refractivity contribution in [1.82, 2.24) is 4.31 Å². The molecule has 1 aliphatic carbocycles. The minimum atomic E-state index is -3.92. The van der Waals surface area contributed by atoms with Crippen LogP contribution in [0.3, 0.4) is 0 Å². The van der Waals surface area contributed by atoms with E-state index in [9.17, 15) is 18.5 Å². The van der Waals surface area contributed by atoms with E-state index in [0.717, 1.165) is 52.8 Å². The second-order valence-electron chi connectivity index (χ2n) is 8.87. The molecule has 1 atom stereocenters. The van der Waals surface area contributed by atoms with Gasteiger partial charge in [0, 0.05) is 11.4 Å². The van der Waals surface area contributed by atoms with Crippen LogP contribution in [-0.4, -0.2) is 24.7 Å². The number of carbonyl (C=O) groups excluding carboxylic acids is 1. The van der Waals surface area contributed by atoms with Gasteiger partial charge in [0.15, 0.2) is 0 Å². The average Bonchev–Trinajstić information content (AvgIpc) is 3.20. The zero-order valence-corrected chi connectivity index (χ0v) is 20.5. The lowest BCUT2D eigenvalue weighted by molar-refractivity contribution is -0.120. The fourth-order valence-corrected chi connectivity index (χ4v) is 7.60. The first kappa shape index (κ1) is 22.8. The summed E-state index contributed by atoms with van der Waals surface area (Å²) in [5, 5.41) is 13.2. The predicted octanol–water partition coefficient (Wildman–Crippen LogP) is 4.56. The van der Waals surface area contributed by atoms with Crippen LogP contribution in [0.1, 0.15) is 45.5 Å². The van der Waals surface area contributed by atoms with Gasteiger partial charge < -0.3 is 5.32 Å². The van der Waals surface area contributed by atoms with Gasteiger partial charge in [-0.15, -0.1) is 11.3 Å². The van der Waals surface area contributed by atoms with E-state index in [0.29, 0.717) is 10.6 Å². The van der Waals surface area contributed by atoms with Crippen LogP contribution < -0.4 is 5.32 Å². The summed E-state index contributed by atoms with van der Waals surface area (Å²) in [5.74, 6) is -0.403. The van der Waals surface area contributed by atoms with Crippen molar-refractivity contribution in [1.29, 1.82) is 5.26 Å². The van der Waals surface area contributed by atoms with Gasteiger partial charge in [0.1, 0.15) is 17.1 Å². The number of nitrogens with zero attached hydrogens (tertiary/aromatic N) is 2. The molecule has 34 heavy (non-hydrogen) atoms. The predicted molar refractivity (Wildman–Crippen MR) is 132 cm³/mol. The van der Waals surface area contributed by atoms with Crippen LogP contribution in [0.15, 0.2) is 53.4 Å². The van der Waals surface area contributed by atoms with Crippen molar-refractivity contribution < 1.29 is 13.2 Å². The zero-order valence-electron chi connectivity index (χ0n) is 18.9. The Bertz CT molecular complexity index is 1400. The molecule has 6 nitrogen and oxygen atoms in total. The molecule has 0 fully saturated rings. The summed E-state index contributed by atoms with van der Waals surface area (Å²) in [6.45, 7) is 2.02. The van der Waals surface area contributed by atoms with E-state index in [1.165, 1.54) is 15.6 Å². The van der Waals surface area contributed by atoms with Gasteiger partial charge in [-0.2, -0.15) is 9.57 Å². The zero-order chi connectivity index (χ0) is 23.9. The number of aryl methyl sites for hydroxylation is 2. The van der Waals surface area contributed by atoms with Crippen LogP contribution in [0.2, 0.25) is 0 Å². The number of benzene rings is 2. The number of nitrogens with one attached hydrogen (secondary N) is 1. The van der Waals surface area contributed by atoms with Crippen LogP contribution in [0.25, 0.3) is 0 Å². The molecule has 1 aliphatic heterocycles. The van der Waals surface area contributed by atoms with Crippen molar-refractivity contribution in [3.63, 3.8) is 0 Å². The van der Waals surface area contributed by atoms with E-state index < -0.39 is 22.0 Å². The number of carbonyl (C=O) groups is 1. The summed E-state index contributed by atoms with van der Waals surface area (Å²) < 4.78 is 28.6. The monoisotopic (exact) mass is 491 g/mol. The molecule has 2 aliphatic rings. The number of fused-ring (bicyclic) bond motifs is 2. The number of anilines is 1. The smallest absolute Gasteiger partial charge is 0.244 e. The number of hydrogen-bond acceptors (Lipinski definition) is 5. The molecule has 3 aromatic rings. The molecule has 1 amide bonds. The summed E-state index contributed by atoms with van der Waals surface area (Å²) >= 11 is 1.45. The van der Waals surface area contributed by atoms with Crippen molar-refractivity contribution in [2.75, 3.05) is 5.32 Å². The van der Waals surface area contributed by atoms with E-state index in [4.69, 9.17) is 0 Å². The highest BCUT2D eigenvalue weighted by Crippen LogP contribution is 2.38. The third-order valence-electron chi connectivity index (χ3n) is 6.66. The Morgan fingerprint density at radius 2 is 1.79 bits per heavy atom. The number of rotatable bonds is 4. The molecule has 0 unspecified atom stereocenters. The van der Waals surface area contributed by atoms with Crippen molar-refractivity contribution in [3.05, 3.63) is 81.2 Å². The lowest BCUT2D eigenvalue weighted by atomic mass is 9.95. The Labute approximate surface area is 203 Å². The van der Waals surface area contributed by atoms with Crippen molar-refractivity contribution in [2.45, 2.75) is 56.5 Å². The summed E-state index contributed by atoms with van der Waals surface area (Å²) in [5.41, 5.74) is 4.38. The Kier molecular flexibility index (Phi) is 6.02. The molecule has 5 rings (SSSR count). The van der Waals surface area contributed by atoms with E-state index in [2.05, 4.69) is 11.4 Å². The van der Waals surface area contributed by atoms with E-state index in [-0.39, 0.29) is 17.9 Å². The molecule has 0 saturated carbocycles. The number of hydrogen-bond donors (Lipinski definition) is 1. The number of sulfonamides is 1. The molecule has 2 heterocycles. The quantitative estimate of drug-likeness (QED) is 0.579. The highest BCUT2D eigenvalue weighted by atomic mass is 32.2. The molecule has 174 valence electrons. The van der Waals surface area contributed by atoms with Crippen LogP contribution in [0, 0.1) is 18.3 Å². The number of nitriles is 1. The fraction of sp³-hybridized carbons (Fsp3) is 0.308. The van der Waals surface area contributed by atoms with E-state index in [1.54, 1.807) is 24.3 Å². The molecule has 0 spiro atoms. The lowest BCUT2D eigenvalue weighted by Crippen LogP contribution is -2.50. The highest BCUT2D eigenvalue weighted by molar-refractivity contribution is 7.89. The third kappa shape index (κ3) is 4.05. The second kappa shape index (κ2) is 8.99. The topological polar surface area (TPSA) is 90.3 Å². The van der Waals surface area contributed by atoms with Gasteiger partial charge in [-0.1, -0.05) is 42.0 Å². The minimum absolute atomic E-state index is 0.122. The minimum Gasteiger partial charge on any atom is -0.315 e. The largest absolute Gasteiger partial charge is 0.315 e. The summed E-state index contributed by atoms with van der Waals surface area (Å²) in [4.78, 5) is 14.9. The summed E-state index contributed by atoms with van der Waals surface area (Å²) in [7, 11) is -3.92. The van der Waals surface area contributed by atoms with E-state index >= 15 is 0 Å². The van der Waals surface area contributed by atoms with E-state index in [1.807, 2.05) is 31.2 Å². The van der Waals surface area contributed by atoms with Gasteiger partial charge in [-0.25, -0.2) is 8.42 Å². The fourth-order valence-electron chi connectivity index (χ4n) is 4.79. The first-order valence-corrected chi connectivity index (χ1v) is 13.6. The van der Waals surface area contributed by atoms with Crippen LogP contribution >= 0.6 is 11.3 Å². The first-order valence-electron chi connectivity index (χ1n) is 11.4. The van der Waals surface area contributed by atoms with Gasteiger partial charge in [-0.05, 0) is 67.9 Å². The molecule has 1 aromatic heterocycles. The van der Waals surface area contributed by atoms with Gasteiger partial charge in [0.25, 0.3) is 0 Å². The Morgan fingerprint density at radius 3 is 2.53 bits per heavy atom. The molecule has 0 bridgehead atoms. The van der Waals surface area contributed by atoms with Gasteiger partial charge in [-0.3, -0.25) is 4.79 Å². The maximum Gasteiger partial charge on any atom is 0.244 e. The number of thiophene rings is 1. The van der Waals surface area contributed by atoms with Crippen molar-refractivity contribution >= 4 is 32.3 Å². The molecule has 8 heteroatoms. The SMILES string of the molecule is Cc1ccc(S(=O)(=O)N2Cc3ccccc3C[C@@H]2C(=O)Nc2sc3c(c2C#N)CCCC3)cc1. The summed E-state index contributed by atoms with van der Waals surface area (Å²) in [6.07, 6.45) is 4.15. The van der Waals surface area contributed by atoms with Crippen molar-refractivity contribution in [2.24, 2.45) is 0 Å². The molecular formula is C26H25N3O3S2. The van der Waals surface area contributed by atoms with Crippen LogP contribution in [0.5, 0.6) is 0 Å². The summed E-state index contributed by atoms with van der Waals surface area (Å²) in [6, 6.07) is 15.7. The Hall–Kier alpha value is -2.99. The maximum atomic E-state index is 13.7. The molecular weight excluding hydrogens is 466 g/mol. The van der Waals surface area contributed by atoms with Gasteiger partial charge in [0.2, 0.25) is 15.9 Å². The van der Waals surface area contributed by atoms with Crippen LogP contribution in [-0.2, 0) is 40.6 Å². The second-order valence-corrected chi connectivity index (χ2v) is 11.9. The molecule has 1 N–H and O–H groups in total. The normalized spacial score (nSPS) is 17.9. The highest BCUT2D eigenvalue weighted by Gasteiger charge is 2.40. The van der Waals surface area contributed by atoms with Crippen molar-refractivity contribution in [3.8, 4) is 6.07 Å². The van der Waals surface area contributed by atoms with Gasteiger partial charge in [0.05, 0.1) is 10.5 Å². The van der Waals surface area contributed by atoms with Crippen LogP contribution in [0.4, 0.5) is 5.00 Å². The van der Waals surface area contributed by atoms with Gasteiger partial charge >= 0.3 is 0 Å². The molecule has 0 saturated heterocycles. The third-order valence-corrected chi connectivity index (χ3v) is 9.73.